The van der Waals surface area contributed by atoms with Crippen molar-refractivity contribution in [3.05, 3.63) is 0 Å². The topological polar surface area (TPSA) is 95.6 Å². The third kappa shape index (κ3) is 4.96. The molecule has 0 aromatic rings. The maximum absolute atomic E-state index is 12.2. The average molecular weight is 317 g/mol. The molecule has 1 unspecified atom stereocenters. The standard InChI is InChI=1S/C13H23N3O4S/c1-10(17)15-11-2-5-16(6-3-11)13(18)8-12-9-21(19,20)7-4-14-12/h11-12,14H,2-9H2,1H3,(H,15,17). The van der Waals surface area contributed by atoms with Gasteiger partial charge >= 0.3 is 0 Å². The Morgan fingerprint density at radius 3 is 2.52 bits per heavy atom. The zero-order chi connectivity index (χ0) is 15.5. The van der Waals surface area contributed by atoms with Gasteiger partial charge in [-0.1, -0.05) is 0 Å². The SMILES string of the molecule is CC(=O)NC1CCN(C(=O)CC2CS(=O)(=O)CCN2)CC1. The fourth-order valence-corrected chi connectivity index (χ4v) is 4.34. The zero-order valence-corrected chi connectivity index (χ0v) is 13.1. The van der Waals surface area contributed by atoms with Crippen molar-refractivity contribution in [3.63, 3.8) is 0 Å². The smallest absolute Gasteiger partial charge is 0.224 e. The number of hydrogen-bond acceptors (Lipinski definition) is 5. The van der Waals surface area contributed by atoms with Crippen LogP contribution in [-0.2, 0) is 19.4 Å². The predicted molar refractivity (Wildman–Crippen MR) is 78.5 cm³/mol. The molecule has 2 N–H and O–H groups in total. The fraction of sp³-hybridized carbons (Fsp3) is 0.846. The number of likely N-dealkylation sites (tertiary alicyclic amines) is 1. The van der Waals surface area contributed by atoms with Crippen molar-refractivity contribution < 1.29 is 18.0 Å². The molecule has 120 valence electrons. The highest BCUT2D eigenvalue weighted by molar-refractivity contribution is 7.91. The summed E-state index contributed by atoms with van der Waals surface area (Å²) in [4.78, 5) is 25.0. The summed E-state index contributed by atoms with van der Waals surface area (Å²) < 4.78 is 23.1. The Hall–Kier alpha value is -1.15. The van der Waals surface area contributed by atoms with Gasteiger partial charge in [0, 0.05) is 45.1 Å². The van der Waals surface area contributed by atoms with E-state index in [1.54, 1.807) is 4.90 Å². The number of rotatable bonds is 3. The molecule has 0 aromatic carbocycles. The average Bonchev–Trinajstić information content (AvgIpc) is 2.37. The Bertz CT molecular complexity index is 498. The first-order chi connectivity index (χ1) is 9.85. The second kappa shape index (κ2) is 6.74. The maximum atomic E-state index is 12.2. The van der Waals surface area contributed by atoms with Crippen LogP contribution in [0.4, 0.5) is 0 Å². The Balaban J connectivity index is 1.78. The Labute approximate surface area is 125 Å². The van der Waals surface area contributed by atoms with Gasteiger partial charge in [0.15, 0.2) is 9.84 Å². The van der Waals surface area contributed by atoms with E-state index in [0.717, 1.165) is 12.8 Å². The molecule has 1 atom stereocenters. The lowest BCUT2D eigenvalue weighted by molar-refractivity contribution is -0.132. The minimum absolute atomic E-state index is 0.00845. The normalized spacial score (nSPS) is 26.3. The molecule has 0 aromatic heterocycles. The number of sulfone groups is 1. The first-order valence-electron chi connectivity index (χ1n) is 7.34. The molecular weight excluding hydrogens is 294 g/mol. The lowest BCUT2D eigenvalue weighted by atomic mass is 10.0. The summed E-state index contributed by atoms with van der Waals surface area (Å²) in [5.74, 6) is 0.142. The first kappa shape index (κ1) is 16.2. The highest BCUT2D eigenvalue weighted by atomic mass is 32.2. The molecule has 0 bridgehead atoms. The number of hydrogen-bond donors (Lipinski definition) is 2. The van der Waals surface area contributed by atoms with Crippen molar-refractivity contribution in [2.24, 2.45) is 0 Å². The number of nitrogens with zero attached hydrogens (tertiary/aromatic N) is 1. The summed E-state index contributed by atoms with van der Waals surface area (Å²) >= 11 is 0. The van der Waals surface area contributed by atoms with Gasteiger partial charge in [-0.25, -0.2) is 8.42 Å². The summed E-state index contributed by atoms with van der Waals surface area (Å²) in [5.41, 5.74) is 0. The zero-order valence-electron chi connectivity index (χ0n) is 12.3. The third-order valence-corrected chi connectivity index (χ3v) is 5.71. The molecule has 2 saturated heterocycles. The summed E-state index contributed by atoms with van der Waals surface area (Å²) in [6.07, 6.45) is 1.73. The van der Waals surface area contributed by atoms with E-state index in [-0.39, 0.29) is 41.8 Å². The number of amides is 2. The van der Waals surface area contributed by atoms with Gasteiger partial charge in [-0.3, -0.25) is 9.59 Å². The van der Waals surface area contributed by atoms with Crippen molar-refractivity contribution in [1.82, 2.24) is 15.5 Å². The van der Waals surface area contributed by atoms with E-state index < -0.39 is 9.84 Å². The van der Waals surface area contributed by atoms with Gasteiger partial charge in [0.2, 0.25) is 11.8 Å². The monoisotopic (exact) mass is 317 g/mol. The van der Waals surface area contributed by atoms with Crippen molar-refractivity contribution in [1.29, 1.82) is 0 Å². The van der Waals surface area contributed by atoms with Crippen LogP contribution in [0.1, 0.15) is 26.2 Å². The maximum Gasteiger partial charge on any atom is 0.224 e. The van der Waals surface area contributed by atoms with E-state index >= 15 is 0 Å². The number of nitrogens with one attached hydrogen (secondary N) is 2. The van der Waals surface area contributed by atoms with Crippen LogP contribution in [0.3, 0.4) is 0 Å². The van der Waals surface area contributed by atoms with Crippen LogP contribution in [0.25, 0.3) is 0 Å². The molecule has 2 aliphatic heterocycles. The van der Waals surface area contributed by atoms with Gasteiger partial charge in [0.05, 0.1) is 11.5 Å². The Kier molecular flexibility index (Phi) is 5.21. The van der Waals surface area contributed by atoms with Crippen LogP contribution >= 0.6 is 0 Å². The molecule has 21 heavy (non-hydrogen) atoms. The van der Waals surface area contributed by atoms with Crippen molar-refractivity contribution in [3.8, 4) is 0 Å². The molecule has 7 nitrogen and oxygen atoms in total. The molecule has 2 fully saturated rings. The van der Waals surface area contributed by atoms with Gasteiger partial charge in [0.1, 0.15) is 0 Å². The first-order valence-corrected chi connectivity index (χ1v) is 9.16. The molecule has 2 amide bonds. The molecule has 2 rings (SSSR count). The van der Waals surface area contributed by atoms with Crippen LogP contribution in [0.5, 0.6) is 0 Å². The van der Waals surface area contributed by atoms with Gasteiger partial charge in [-0.15, -0.1) is 0 Å². The van der Waals surface area contributed by atoms with E-state index in [2.05, 4.69) is 10.6 Å². The van der Waals surface area contributed by atoms with E-state index in [9.17, 15) is 18.0 Å². The van der Waals surface area contributed by atoms with Gasteiger partial charge in [-0.05, 0) is 12.8 Å². The molecule has 2 heterocycles. The molecule has 8 heteroatoms. The molecular formula is C13H23N3O4S. The van der Waals surface area contributed by atoms with Crippen LogP contribution < -0.4 is 10.6 Å². The van der Waals surface area contributed by atoms with Crippen LogP contribution in [0.15, 0.2) is 0 Å². The van der Waals surface area contributed by atoms with Crippen molar-refractivity contribution in [2.75, 3.05) is 31.1 Å². The van der Waals surface area contributed by atoms with Crippen LogP contribution in [-0.4, -0.2) is 68.4 Å². The minimum atomic E-state index is -3.01. The largest absolute Gasteiger partial charge is 0.353 e. The summed E-state index contributed by atoms with van der Waals surface area (Å²) in [6.45, 7) is 3.14. The lowest BCUT2D eigenvalue weighted by Gasteiger charge is -2.33. The third-order valence-electron chi connectivity index (χ3n) is 3.98. The van der Waals surface area contributed by atoms with Gasteiger partial charge in [0.25, 0.3) is 0 Å². The molecule has 0 radical (unpaired) electrons. The van der Waals surface area contributed by atoms with E-state index in [1.165, 1.54) is 6.92 Å². The van der Waals surface area contributed by atoms with Gasteiger partial charge < -0.3 is 15.5 Å². The fourth-order valence-electron chi connectivity index (χ4n) is 2.90. The number of carbonyl (C=O) groups excluding carboxylic acids is 2. The summed E-state index contributed by atoms with van der Waals surface area (Å²) in [7, 11) is -3.01. The molecule has 2 aliphatic rings. The summed E-state index contributed by atoms with van der Waals surface area (Å²) in [5, 5.41) is 5.96. The highest BCUT2D eigenvalue weighted by Crippen LogP contribution is 2.13. The van der Waals surface area contributed by atoms with Crippen LogP contribution in [0, 0.1) is 0 Å². The number of carbonyl (C=O) groups is 2. The van der Waals surface area contributed by atoms with E-state index in [4.69, 9.17) is 0 Å². The highest BCUT2D eigenvalue weighted by Gasteiger charge is 2.29. The lowest BCUT2D eigenvalue weighted by Crippen LogP contribution is -2.50. The minimum Gasteiger partial charge on any atom is -0.353 e. The molecule has 0 aliphatic carbocycles. The quantitative estimate of drug-likeness (QED) is 0.688. The second-order valence-corrected chi connectivity index (χ2v) is 8.05. The van der Waals surface area contributed by atoms with Crippen LogP contribution in [0.2, 0.25) is 0 Å². The van der Waals surface area contributed by atoms with Crippen molar-refractivity contribution in [2.45, 2.75) is 38.3 Å². The molecule has 0 saturated carbocycles. The van der Waals surface area contributed by atoms with E-state index in [1.807, 2.05) is 0 Å². The van der Waals surface area contributed by atoms with Crippen molar-refractivity contribution >= 4 is 21.7 Å². The summed E-state index contributed by atoms with van der Waals surface area (Å²) in [6, 6.07) is -0.135. The Morgan fingerprint density at radius 1 is 1.29 bits per heavy atom. The van der Waals surface area contributed by atoms with E-state index in [0.29, 0.717) is 19.6 Å². The predicted octanol–water partition coefficient (Wildman–Crippen LogP) is -1.11. The molecule has 0 spiro atoms. The number of piperidine rings is 1. The second-order valence-electron chi connectivity index (χ2n) is 5.83. The Morgan fingerprint density at radius 2 is 1.95 bits per heavy atom. The van der Waals surface area contributed by atoms with Gasteiger partial charge in [-0.2, -0.15) is 0 Å².